The van der Waals surface area contributed by atoms with E-state index >= 15 is 0 Å². The minimum absolute atomic E-state index is 0.0836. The van der Waals surface area contributed by atoms with Crippen molar-refractivity contribution < 1.29 is 9.84 Å². The fourth-order valence-electron chi connectivity index (χ4n) is 1.47. The summed E-state index contributed by atoms with van der Waals surface area (Å²) in [6.45, 7) is 6.43. The lowest BCUT2D eigenvalue weighted by Crippen LogP contribution is -2.33. The van der Waals surface area contributed by atoms with E-state index in [1.807, 2.05) is 31.4 Å². The predicted octanol–water partition coefficient (Wildman–Crippen LogP) is 2.19. The van der Waals surface area contributed by atoms with Crippen molar-refractivity contribution in [2.24, 2.45) is 0 Å². The maximum absolute atomic E-state index is 10.00. The summed E-state index contributed by atoms with van der Waals surface area (Å²) in [6, 6.07) is 4.01. The van der Waals surface area contributed by atoms with Crippen molar-refractivity contribution in [3.63, 3.8) is 0 Å². The molecule has 1 aromatic rings. The first kappa shape index (κ1) is 13.6. The first-order valence-corrected chi connectivity index (χ1v) is 6.66. The molecule has 0 fully saturated rings. The first-order chi connectivity index (χ1) is 7.75. The van der Waals surface area contributed by atoms with Gasteiger partial charge >= 0.3 is 0 Å². The molecule has 92 valence electrons. The molecule has 0 bridgehead atoms. The van der Waals surface area contributed by atoms with Crippen LogP contribution in [0.3, 0.4) is 0 Å². The number of ether oxygens (including phenoxy) is 1. The molecule has 1 heterocycles. The van der Waals surface area contributed by atoms with Crippen molar-refractivity contribution in [2.45, 2.75) is 32.4 Å². The molecular formula is C12H21NO2S. The van der Waals surface area contributed by atoms with Crippen LogP contribution in [0.5, 0.6) is 0 Å². The number of rotatable bonds is 8. The van der Waals surface area contributed by atoms with Gasteiger partial charge in [-0.25, -0.2) is 0 Å². The average molecular weight is 243 g/mol. The van der Waals surface area contributed by atoms with Crippen LogP contribution in [0.2, 0.25) is 0 Å². The van der Waals surface area contributed by atoms with Crippen molar-refractivity contribution >= 4 is 11.3 Å². The highest BCUT2D eigenvalue weighted by atomic mass is 32.1. The zero-order valence-corrected chi connectivity index (χ0v) is 10.8. The molecule has 3 nitrogen and oxygen atoms in total. The van der Waals surface area contributed by atoms with Gasteiger partial charge in [0.2, 0.25) is 0 Å². The Morgan fingerprint density at radius 1 is 1.56 bits per heavy atom. The third-order valence-electron chi connectivity index (χ3n) is 2.44. The minimum Gasteiger partial charge on any atom is -0.386 e. The Bertz CT molecular complexity index is 264. The van der Waals surface area contributed by atoms with E-state index in [2.05, 4.69) is 5.32 Å². The van der Waals surface area contributed by atoms with Crippen LogP contribution in [0.4, 0.5) is 0 Å². The van der Waals surface area contributed by atoms with Crippen LogP contribution in [0.25, 0.3) is 0 Å². The van der Waals surface area contributed by atoms with Crippen LogP contribution < -0.4 is 5.32 Å². The molecule has 1 aromatic heterocycles. The van der Waals surface area contributed by atoms with E-state index in [0.717, 1.165) is 31.1 Å². The second-order valence-corrected chi connectivity index (χ2v) is 4.73. The molecule has 0 saturated heterocycles. The summed E-state index contributed by atoms with van der Waals surface area (Å²) in [5, 5.41) is 15.3. The monoisotopic (exact) mass is 243 g/mol. The molecule has 0 saturated carbocycles. The molecule has 0 aliphatic heterocycles. The quantitative estimate of drug-likeness (QED) is 0.688. The van der Waals surface area contributed by atoms with Crippen LogP contribution in [-0.4, -0.2) is 30.9 Å². The molecule has 0 aliphatic carbocycles. The number of hydrogen-bond donors (Lipinski definition) is 2. The maximum atomic E-state index is 10.00. The summed E-state index contributed by atoms with van der Waals surface area (Å²) in [5.74, 6) is 0. The Morgan fingerprint density at radius 3 is 3.00 bits per heavy atom. The van der Waals surface area contributed by atoms with Crippen LogP contribution >= 0.6 is 11.3 Å². The van der Waals surface area contributed by atoms with Crippen LogP contribution in [0.1, 0.15) is 31.2 Å². The zero-order valence-electron chi connectivity index (χ0n) is 9.98. The summed E-state index contributed by atoms with van der Waals surface area (Å²) in [5.41, 5.74) is 0. The Hall–Kier alpha value is -0.420. The number of aliphatic hydroxyl groups excluding tert-OH is 1. The van der Waals surface area contributed by atoms with Crippen molar-refractivity contribution in [3.8, 4) is 0 Å². The average Bonchev–Trinajstić information content (AvgIpc) is 2.81. The number of hydrogen-bond acceptors (Lipinski definition) is 4. The second-order valence-electron chi connectivity index (χ2n) is 3.75. The van der Waals surface area contributed by atoms with Crippen molar-refractivity contribution in [2.75, 3.05) is 19.8 Å². The summed E-state index contributed by atoms with van der Waals surface area (Å²) in [7, 11) is 0. The highest BCUT2D eigenvalue weighted by Gasteiger charge is 2.15. The first-order valence-electron chi connectivity index (χ1n) is 5.78. The Balaban J connectivity index is 2.17. The SMILES string of the molecule is CCOCCCNC(C)C(O)c1cccs1. The third kappa shape index (κ3) is 4.61. The molecule has 2 unspecified atom stereocenters. The molecule has 0 aromatic carbocycles. The van der Waals surface area contributed by atoms with Gasteiger partial charge in [0.05, 0.1) is 0 Å². The molecule has 0 amide bonds. The standard InChI is InChI=1S/C12H21NO2S/c1-3-15-8-5-7-13-10(2)12(14)11-6-4-9-16-11/h4,6,9-10,12-14H,3,5,7-8H2,1-2H3. The number of aliphatic hydroxyl groups is 1. The maximum Gasteiger partial charge on any atom is 0.103 e. The largest absolute Gasteiger partial charge is 0.386 e. The molecule has 16 heavy (non-hydrogen) atoms. The summed E-state index contributed by atoms with van der Waals surface area (Å²) in [4.78, 5) is 1.02. The van der Waals surface area contributed by atoms with E-state index in [1.54, 1.807) is 11.3 Å². The van der Waals surface area contributed by atoms with E-state index in [-0.39, 0.29) is 6.04 Å². The van der Waals surface area contributed by atoms with Crippen LogP contribution in [-0.2, 0) is 4.74 Å². The smallest absolute Gasteiger partial charge is 0.103 e. The normalized spacial score (nSPS) is 14.9. The second kappa shape index (κ2) is 7.79. The van der Waals surface area contributed by atoms with Gasteiger partial charge in [0.15, 0.2) is 0 Å². The van der Waals surface area contributed by atoms with Crippen molar-refractivity contribution in [1.82, 2.24) is 5.32 Å². The lowest BCUT2D eigenvalue weighted by atomic mass is 10.1. The van der Waals surface area contributed by atoms with Gasteiger partial charge in [-0.1, -0.05) is 6.07 Å². The Kier molecular flexibility index (Phi) is 6.64. The van der Waals surface area contributed by atoms with E-state index in [9.17, 15) is 5.11 Å². The van der Waals surface area contributed by atoms with Gasteiger partial charge in [-0.2, -0.15) is 0 Å². The minimum atomic E-state index is -0.410. The molecule has 0 aliphatic rings. The molecule has 4 heteroatoms. The third-order valence-corrected chi connectivity index (χ3v) is 3.39. The Morgan fingerprint density at radius 2 is 2.38 bits per heavy atom. The number of nitrogens with one attached hydrogen (secondary N) is 1. The molecule has 1 rings (SSSR count). The lowest BCUT2D eigenvalue weighted by molar-refractivity contribution is 0.127. The lowest BCUT2D eigenvalue weighted by Gasteiger charge is -2.19. The fraction of sp³-hybridized carbons (Fsp3) is 0.667. The summed E-state index contributed by atoms with van der Waals surface area (Å²) >= 11 is 1.59. The highest BCUT2D eigenvalue weighted by molar-refractivity contribution is 7.10. The van der Waals surface area contributed by atoms with Crippen LogP contribution in [0.15, 0.2) is 17.5 Å². The molecular weight excluding hydrogens is 222 g/mol. The van der Waals surface area contributed by atoms with Gasteiger partial charge in [0.25, 0.3) is 0 Å². The summed E-state index contributed by atoms with van der Waals surface area (Å²) < 4.78 is 5.25. The predicted molar refractivity (Wildman–Crippen MR) is 67.9 cm³/mol. The molecule has 0 spiro atoms. The zero-order chi connectivity index (χ0) is 11.8. The molecule has 2 atom stereocenters. The summed E-state index contributed by atoms with van der Waals surface area (Å²) in [6.07, 6.45) is 0.571. The topological polar surface area (TPSA) is 41.5 Å². The van der Waals surface area contributed by atoms with E-state index < -0.39 is 6.10 Å². The highest BCUT2D eigenvalue weighted by Crippen LogP contribution is 2.21. The molecule has 2 N–H and O–H groups in total. The van der Waals surface area contributed by atoms with Gasteiger partial charge in [-0.15, -0.1) is 11.3 Å². The van der Waals surface area contributed by atoms with Gasteiger partial charge < -0.3 is 15.2 Å². The van der Waals surface area contributed by atoms with E-state index in [4.69, 9.17) is 4.74 Å². The van der Waals surface area contributed by atoms with Crippen molar-refractivity contribution in [3.05, 3.63) is 22.4 Å². The van der Waals surface area contributed by atoms with Gasteiger partial charge in [-0.3, -0.25) is 0 Å². The van der Waals surface area contributed by atoms with Gasteiger partial charge in [-0.05, 0) is 38.3 Å². The van der Waals surface area contributed by atoms with Crippen molar-refractivity contribution in [1.29, 1.82) is 0 Å². The van der Waals surface area contributed by atoms with Gasteiger partial charge in [0.1, 0.15) is 6.10 Å². The van der Waals surface area contributed by atoms with Gasteiger partial charge in [0, 0.05) is 24.1 Å². The molecule has 0 radical (unpaired) electrons. The van der Waals surface area contributed by atoms with E-state index in [0.29, 0.717) is 0 Å². The fourth-order valence-corrected chi connectivity index (χ4v) is 2.28. The van der Waals surface area contributed by atoms with Crippen LogP contribution in [0, 0.1) is 0 Å². The Labute approximate surface area is 101 Å². The number of thiophene rings is 1. The van der Waals surface area contributed by atoms with E-state index in [1.165, 1.54) is 0 Å².